The lowest BCUT2D eigenvalue weighted by molar-refractivity contribution is 0.588. The normalized spacial score (nSPS) is 11.8. The zero-order valence-electron chi connectivity index (χ0n) is 13.7. The Kier molecular flexibility index (Phi) is 4.23. The van der Waals surface area contributed by atoms with Gasteiger partial charge in [-0.15, -0.1) is 0 Å². The first-order valence-electron chi connectivity index (χ1n) is 7.71. The van der Waals surface area contributed by atoms with Gasteiger partial charge >= 0.3 is 0 Å². The molecule has 3 aromatic heterocycles. The molecule has 0 spiro atoms. The van der Waals surface area contributed by atoms with Crippen molar-refractivity contribution in [3.05, 3.63) is 70.6 Å². The molecule has 8 heteroatoms. The van der Waals surface area contributed by atoms with Crippen LogP contribution < -0.4 is 0 Å². The predicted octanol–water partition coefficient (Wildman–Crippen LogP) is 3.64. The summed E-state index contributed by atoms with van der Waals surface area (Å²) in [5.41, 5.74) is 3.06. The fourth-order valence-corrected chi connectivity index (χ4v) is 4.84. The summed E-state index contributed by atoms with van der Waals surface area (Å²) in [4.78, 5) is 12.7. The Bertz CT molecular complexity index is 1200. The van der Waals surface area contributed by atoms with E-state index in [0.717, 1.165) is 25.6 Å². The van der Waals surface area contributed by atoms with E-state index in [4.69, 9.17) is 0 Å². The van der Waals surface area contributed by atoms with Gasteiger partial charge in [0.2, 0.25) is 0 Å². The van der Waals surface area contributed by atoms with Crippen molar-refractivity contribution in [2.75, 3.05) is 0 Å². The first-order chi connectivity index (χ1) is 12.5. The molecule has 26 heavy (non-hydrogen) atoms. The van der Waals surface area contributed by atoms with Crippen molar-refractivity contribution < 1.29 is 8.42 Å². The quantitative estimate of drug-likeness (QED) is 0.422. The molecule has 4 rings (SSSR count). The minimum atomic E-state index is -3.71. The Hall–Kier alpha value is -2.33. The SMILES string of the molecule is Cc1ccc(S(=O)(=O)n2cc(I)c3cc(-c4cncnc4)cnc32)cc1. The van der Waals surface area contributed by atoms with E-state index < -0.39 is 10.0 Å². The number of aromatic nitrogens is 4. The van der Waals surface area contributed by atoms with Crippen molar-refractivity contribution in [1.29, 1.82) is 0 Å². The summed E-state index contributed by atoms with van der Waals surface area (Å²) in [5, 5.41) is 0.766. The molecule has 1 aromatic carbocycles. The van der Waals surface area contributed by atoms with Gasteiger partial charge in [-0.3, -0.25) is 0 Å². The maximum atomic E-state index is 13.0. The number of aryl methyl sites for hydroxylation is 1. The van der Waals surface area contributed by atoms with Gasteiger partial charge in [0, 0.05) is 44.9 Å². The van der Waals surface area contributed by atoms with E-state index >= 15 is 0 Å². The lowest BCUT2D eigenvalue weighted by Gasteiger charge is -2.07. The van der Waals surface area contributed by atoms with Gasteiger partial charge in [0.25, 0.3) is 10.0 Å². The summed E-state index contributed by atoms with van der Waals surface area (Å²) in [6.07, 6.45) is 8.09. The molecule has 0 amide bonds. The first-order valence-corrected chi connectivity index (χ1v) is 10.2. The number of hydrogen-bond acceptors (Lipinski definition) is 5. The Morgan fingerprint density at radius 3 is 2.38 bits per heavy atom. The second-order valence-corrected chi connectivity index (χ2v) is 8.79. The topological polar surface area (TPSA) is 77.7 Å². The molecule has 3 heterocycles. The Labute approximate surface area is 164 Å². The van der Waals surface area contributed by atoms with Crippen molar-refractivity contribution in [2.45, 2.75) is 11.8 Å². The number of hydrogen-bond donors (Lipinski definition) is 0. The molecule has 0 N–H and O–H groups in total. The summed E-state index contributed by atoms with van der Waals surface area (Å²) in [6, 6.07) is 8.69. The number of benzene rings is 1. The summed E-state index contributed by atoms with van der Waals surface area (Å²) in [6.45, 7) is 1.92. The minimum absolute atomic E-state index is 0.235. The van der Waals surface area contributed by atoms with Crippen LogP contribution in [0.2, 0.25) is 0 Å². The average Bonchev–Trinajstić information content (AvgIpc) is 3.00. The molecule has 6 nitrogen and oxygen atoms in total. The zero-order chi connectivity index (χ0) is 18.3. The van der Waals surface area contributed by atoms with E-state index in [0.29, 0.717) is 5.65 Å². The van der Waals surface area contributed by atoms with Crippen molar-refractivity contribution in [2.24, 2.45) is 0 Å². The molecule has 0 unspecified atom stereocenters. The Morgan fingerprint density at radius 2 is 1.69 bits per heavy atom. The molecule has 130 valence electrons. The van der Waals surface area contributed by atoms with Crippen LogP contribution >= 0.6 is 22.6 Å². The third kappa shape index (κ3) is 2.88. The van der Waals surface area contributed by atoms with Gasteiger partial charge in [-0.2, -0.15) is 0 Å². The fraction of sp³-hybridized carbons (Fsp3) is 0.0556. The average molecular weight is 476 g/mol. The standard InChI is InChI=1S/C18H13IN4O2S/c1-12-2-4-15(5-3-12)26(24,25)23-10-17(19)16-6-13(9-22-18(16)23)14-7-20-11-21-8-14/h2-11H,1H3. The fourth-order valence-electron chi connectivity index (χ4n) is 2.66. The smallest absolute Gasteiger partial charge is 0.244 e. The molecule has 4 aromatic rings. The van der Waals surface area contributed by atoms with Crippen LogP contribution in [0.1, 0.15) is 5.56 Å². The molecular weight excluding hydrogens is 463 g/mol. The molecule has 0 saturated heterocycles. The number of pyridine rings is 1. The van der Waals surface area contributed by atoms with Crippen LogP contribution in [0.3, 0.4) is 0 Å². The number of fused-ring (bicyclic) bond motifs is 1. The molecule has 0 fully saturated rings. The van der Waals surface area contributed by atoms with E-state index in [2.05, 4.69) is 37.5 Å². The highest BCUT2D eigenvalue weighted by atomic mass is 127. The molecule has 0 aliphatic rings. The van der Waals surface area contributed by atoms with Crippen LogP contribution in [0.5, 0.6) is 0 Å². The van der Waals surface area contributed by atoms with Gasteiger partial charge in [-0.25, -0.2) is 27.3 Å². The summed E-state index contributed by atoms with van der Waals surface area (Å²) in [7, 11) is -3.71. The largest absolute Gasteiger partial charge is 0.269 e. The number of halogens is 1. The monoisotopic (exact) mass is 476 g/mol. The molecule has 0 radical (unpaired) electrons. The highest BCUT2D eigenvalue weighted by Crippen LogP contribution is 2.29. The molecular formula is C18H13IN4O2S. The van der Waals surface area contributed by atoms with E-state index in [1.54, 1.807) is 49.1 Å². The van der Waals surface area contributed by atoms with Gasteiger partial charge in [-0.1, -0.05) is 17.7 Å². The predicted molar refractivity (Wildman–Crippen MR) is 107 cm³/mol. The van der Waals surface area contributed by atoms with Gasteiger partial charge in [0.05, 0.1) is 4.90 Å². The van der Waals surface area contributed by atoms with Crippen molar-refractivity contribution in [1.82, 2.24) is 18.9 Å². The summed E-state index contributed by atoms with van der Waals surface area (Å²) >= 11 is 2.12. The Balaban J connectivity index is 1.88. The van der Waals surface area contributed by atoms with Gasteiger partial charge < -0.3 is 0 Å². The highest BCUT2D eigenvalue weighted by Gasteiger charge is 2.22. The molecule has 0 saturated carbocycles. The van der Waals surface area contributed by atoms with Crippen LogP contribution in [-0.2, 0) is 10.0 Å². The summed E-state index contributed by atoms with van der Waals surface area (Å²) in [5.74, 6) is 0. The molecule has 0 aliphatic carbocycles. The maximum absolute atomic E-state index is 13.0. The second-order valence-electron chi connectivity index (χ2n) is 5.81. The number of rotatable bonds is 3. The zero-order valence-corrected chi connectivity index (χ0v) is 16.6. The van der Waals surface area contributed by atoms with E-state index in [1.165, 1.54) is 10.3 Å². The van der Waals surface area contributed by atoms with Crippen molar-refractivity contribution in [3.63, 3.8) is 0 Å². The van der Waals surface area contributed by atoms with E-state index in [-0.39, 0.29) is 4.90 Å². The van der Waals surface area contributed by atoms with Crippen LogP contribution in [0.4, 0.5) is 0 Å². The van der Waals surface area contributed by atoms with E-state index in [1.807, 2.05) is 13.0 Å². The first kappa shape index (κ1) is 17.1. The third-order valence-electron chi connectivity index (χ3n) is 4.04. The van der Waals surface area contributed by atoms with Crippen molar-refractivity contribution >= 4 is 43.6 Å². The Morgan fingerprint density at radius 1 is 1.00 bits per heavy atom. The van der Waals surface area contributed by atoms with E-state index in [9.17, 15) is 8.42 Å². The minimum Gasteiger partial charge on any atom is -0.244 e. The lowest BCUT2D eigenvalue weighted by Crippen LogP contribution is -2.12. The van der Waals surface area contributed by atoms with Gasteiger partial charge in [-0.05, 0) is 47.7 Å². The highest BCUT2D eigenvalue weighted by molar-refractivity contribution is 14.1. The molecule has 0 aliphatic heterocycles. The molecule has 0 atom stereocenters. The number of nitrogens with zero attached hydrogens (tertiary/aromatic N) is 4. The lowest BCUT2D eigenvalue weighted by atomic mass is 10.1. The summed E-state index contributed by atoms with van der Waals surface area (Å²) < 4.78 is 28.1. The van der Waals surface area contributed by atoms with Crippen LogP contribution in [0.15, 0.2) is 66.3 Å². The van der Waals surface area contributed by atoms with Crippen LogP contribution in [-0.4, -0.2) is 27.3 Å². The molecule has 0 bridgehead atoms. The second kappa shape index (κ2) is 6.44. The maximum Gasteiger partial charge on any atom is 0.269 e. The van der Waals surface area contributed by atoms with Gasteiger partial charge in [0.1, 0.15) is 6.33 Å². The van der Waals surface area contributed by atoms with Crippen LogP contribution in [0, 0.1) is 10.5 Å². The van der Waals surface area contributed by atoms with Gasteiger partial charge in [0.15, 0.2) is 5.65 Å². The third-order valence-corrected chi connectivity index (χ3v) is 6.56. The van der Waals surface area contributed by atoms with Crippen LogP contribution in [0.25, 0.3) is 22.2 Å². The van der Waals surface area contributed by atoms with Crippen molar-refractivity contribution in [3.8, 4) is 11.1 Å².